The monoisotopic (exact) mass is 244 g/mol. The van der Waals surface area contributed by atoms with Crippen LogP contribution in [0.1, 0.15) is 12.8 Å². The van der Waals surface area contributed by atoms with Gasteiger partial charge in [-0.05, 0) is 41.3 Å². The van der Waals surface area contributed by atoms with Gasteiger partial charge in [0.15, 0.2) is 0 Å². The lowest BCUT2D eigenvalue weighted by Gasteiger charge is -2.11. The van der Waals surface area contributed by atoms with Crippen LogP contribution < -0.4 is 11.1 Å². The van der Waals surface area contributed by atoms with E-state index >= 15 is 0 Å². The number of nitrogens with zero attached hydrogens (tertiary/aromatic N) is 4. The first-order valence-corrected chi connectivity index (χ1v) is 6.18. The van der Waals surface area contributed by atoms with E-state index in [-0.39, 0.29) is 6.04 Å². The molecule has 0 aliphatic heterocycles. The third-order valence-electron chi connectivity index (χ3n) is 3.19. The van der Waals surface area contributed by atoms with Crippen molar-refractivity contribution >= 4 is 5.95 Å². The number of benzene rings is 1. The number of rotatable bonds is 5. The van der Waals surface area contributed by atoms with E-state index in [1.165, 1.54) is 12.8 Å². The van der Waals surface area contributed by atoms with Crippen molar-refractivity contribution in [3.63, 3.8) is 0 Å². The highest BCUT2D eigenvalue weighted by atomic mass is 15.6. The molecule has 0 amide bonds. The van der Waals surface area contributed by atoms with Crippen molar-refractivity contribution in [3.8, 4) is 5.69 Å². The first-order chi connectivity index (χ1) is 8.84. The summed E-state index contributed by atoms with van der Waals surface area (Å²) in [5, 5.41) is 14.9. The van der Waals surface area contributed by atoms with Crippen molar-refractivity contribution in [2.24, 2.45) is 11.7 Å². The van der Waals surface area contributed by atoms with Gasteiger partial charge in [-0.25, -0.2) is 0 Å². The van der Waals surface area contributed by atoms with Crippen molar-refractivity contribution in [2.45, 2.75) is 18.9 Å². The van der Waals surface area contributed by atoms with E-state index < -0.39 is 0 Å². The highest BCUT2D eigenvalue weighted by molar-refractivity contribution is 5.38. The van der Waals surface area contributed by atoms with Gasteiger partial charge >= 0.3 is 0 Å². The van der Waals surface area contributed by atoms with E-state index in [0.29, 0.717) is 18.4 Å². The van der Waals surface area contributed by atoms with Gasteiger partial charge in [0.25, 0.3) is 0 Å². The number of hydrogen-bond donors (Lipinski definition) is 2. The van der Waals surface area contributed by atoms with E-state index in [1.807, 2.05) is 30.3 Å². The molecule has 0 bridgehead atoms. The first kappa shape index (κ1) is 11.2. The molecule has 1 aliphatic rings. The summed E-state index contributed by atoms with van der Waals surface area (Å²) in [4.78, 5) is 0. The molecular weight excluding hydrogens is 228 g/mol. The van der Waals surface area contributed by atoms with E-state index in [1.54, 1.807) is 4.68 Å². The molecule has 1 saturated carbocycles. The Labute approximate surface area is 105 Å². The Morgan fingerprint density at radius 1 is 1.33 bits per heavy atom. The van der Waals surface area contributed by atoms with Gasteiger partial charge in [-0.2, -0.15) is 4.68 Å². The van der Waals surface area contributed by atoms with Crippen molar-refractivity contribution in [1.82, 2.24) is 20.2 Å². The van der Waals surface area contributed by atoms with Gasteiger partial charge < -0.3 is 11.1 Å². The maximum atomic E-state index is 6.04. The minimum Gasteiger partial charge on any atom is -0.351 e. The molecule has 3 N–H and O–H groups in total. The van der Waals surface area contributed by atoms with E-state index in [4.69, 9.17) is 5.73 Å². The van der Waals surface area contributed by atoms with Crippen LogP contribution in [-0.2, 0) is 0 Å². The SMILES string of the molecule is NC(CNc1nnnn1-c1ccccc1)C1CC1. The van der Waals surface area contributed by atoms with E-state index in [9.17, 15) is 0 Å². The summed E-state index contributed by atoms with van der Waals surface area (Å²) >= 11 is 0. The molecule has 1 aliphatic carbocycles. The lowest BCUT2D eigenvalue weighted by molar-refractivity contribution is 0.617. The molecule has 2 aromatic rings. The van der Waals surface area contributed by atoms with Crippen LogP contribution in [0.3, 0.4) is 0 Å². The van der Waals surface area contributed by atoms with E-state index in [2.05, 4.69) is 20.8 Å². The molecule has 3 rings (SSSR count). The fourth-order valence-electron chi connectivity index (χ4n) is 1.94. The average molecular weight is 244 g/mol. The maximum absolute atomic E-state index is 6.04. The summed E-state index contributed by atoms with van der Waals surface area (Å²) < 4.78 is 1.68. The largest absolute Gasteiger partial charge is 0.351 e. The summed E-state index contributed by atoms with van der Waals surface area (Å²) in [6, 6.07) is 9.98. The summed E-state index contributed by atoms with van der Waals surface area (Å²) in [5.74, 6) is 1.30. The van der Waals surface area contributed by atoms with Gasteiger partial charge in [0.05, 0.1) is 5.69 Å². The number of para-hydroxylation sites is 1. The second kappa shape index (κ2) is 4.73. The summed E-state index contributed by atoms with van der Waals surface area (Å²) in [6.45, 7) is 0.706. The second-order valence-electron chi connectivity index (χ2n) is 4.63. The zero-order valence-corrected chi connectivity index (χ0v) is 10.0. The van der Waals surface area contributed by atoms with Crippen LogP contribution >= 0.6 is 0 Å². The topological polar surface area (TPSA) is 81.7 Å². The van der Waals surface area contributed by atoms with Crippen molar-refractivity contribution < 1.29 is 0 Å². The molecule has 1 unspecified atom stereocenters. The fraction of sp³-hybridized carbons (Fsp3) is 0.417. The molecule has 6 nitrogen and oxygen atoms in total. The maximum Gasteiger partial charge on any atom is 0.247 e. The molecule has 1 aromatic heterocycles. The van der Waals surface area contributed by atoms with Gasteiger partial charge in [0, 0.05) is 12.6 Å². The van der Waals surface area contributed by atoms with Crippen LogP contribution in [0.4, 0.5) is 5.95 Å². The third kappa shape index (κ3) is 2.33. The summed E-state index contributed by atoms with van der Waals surface area (Å²) in [5.41, 5.74) is 6.98. The average Bonchev–Trinajstić information content (AvgIpc) is 3.16. The number of hydrogen-bond acceptors (Lipinski definition) is 5. The Morgan fingerprint density at radius 2 is 2.11 bits per heavy atom. The molecule has 1 heterocycles. The fourth-order valence-corrected chi connectivity index (χ4v) is 1.94. The smallest absolute Gasteiger partial charge is 0.247 e. The van der Waals surface area contributed by atoms with Crippen LogP contribution in [-0.4, -0.2) is 32.8 Å². The van der Waals surface area contributed by atoms with Crippen molar-refractivity contribution in [1.29, 1.82) is 0 Å². The van der Waals surface area contributed by atoms with Crippen LogP contribution in [0.2, 0.25) is 0 Å². The second-order valence-corrected chi connectivity index (χ2v) is 4.63. The van der Waals surface area contributed by atoms with E-state index in [0.717, 1.165) is 5.69 Å². The van der Waals surface area contributed by atoms with Crippen LogP contribution in [0, 0.1) is 5.92 Å². The first-order valence-electron chi connectivity index (χ1n) is 6.18. The van der Waals surface area contributed by atoms with Gasteiger partial charge in [-0.1, -0.05) is 23.3 Å². The summed E-state index contributed by atoms with van der Waals surface area (Å²) in [6.07, 6.45) is 2.49. The zero-order chi connectivity index (χ0) is 12.4. The lowest BCUT2D eigenvalue weighted by atomic mass is 10.2. The minimum atomic E-state index is 0.186. The normalized spacial score (nSPS) is 16.5. The highest BCUT2D eigenvalue weighted by Gasteiger charge is 2.28. The molecule has 94 valence electrons. The quantitative estimate of drug-likeness (QED) is 0.813. The molecule has 1 fully saturated rings. The number of nitrogens with two attached hydrogens (primary N) is 1. The highest BCUT2D eigenvalue weighted by Crippen LogP contribution is 2.31. The Bertz CT molecular complexity index is 504. The van der Waals surface area contributed by atoms with Crippen LogP contribution in [0.15, 0.2) is 30.3 Å². The van der Waals surface area contributed by atoms with Crippen molar-refractivity contribution in [2.75, 3.05) is 11.9 Å². The van der Waals surface area contributed by atoms with Crippen LogP contribution in [0.5, 0.6) is 0 Å². The minimum absolute atomic E-state index is 0.186. The Kier molecular flexibility index (Phi) is 2.93. The molecule has 1 aromatic carbocycles. The summed E-state index contributed by atoms with van der Waals surface area (Å²) in [7, 11) is 0. The standard InChI is InChI=1S/C12H16N6/c13-11(9-6-7-9)8-14-12-15-16-17-18(12)10-4-2-1-3-5-10/h1-5,9,11H,6-8,13H2,(H,14,15,17). The van der Waals surface area contributed by atoms with Gasteiger partial charge in [-0.3, -0.25) is 0 Å². The molecule has 0 saturated heterocycles. The molecule has 6 heteroatoms. The van der Waals surface area contributed by atoms with Gasteiger partial charge in [0.1, 0.15) is 0 Å². The molecule has 1 atom stereocenters. The number of tetrazole rings is 1. The molecule has 18 heavy (non-hydrogen) atoms. The molecule has 0 spiro atoms. The predicted molar refractivity (Wildman–Crippen MR) is 68.3 cm³/mol. The number of aromatic nitrogens is 4. The lowest BCUT2D eigenvalue weighted by Crippen LogP contribution is -2.31. The molecular formula is C12H16N6. The van der Waals surface area contributed by atoms with Gasteiger partial charge in [-0.15, -0.1) is 0 Å². The predicted octanol–water partition coefficient (Wildman–Crippen LogP) is 0.811. The third-order valence-corrected chi connectivity index (χ3v) is 3.19. The number of anilines is 1. The van der Waals surface area contributed by atoms with Crippen LogP contribution in [0.25, 0.3) is 5.69 Å². The van der Waals surface area contributed by atoms with Gasteiger partial charge in [0.2, 0.25) is 5.95 Å². The molecule has 0 radical (unpaired) electrons. The Hall–Kier alpha value is -1.95. The number of nitrogens with one attached hydrogen (secondary N) is 1. The van der Waals surface area contributed by atoms with Crippen molar-refractivity contribution in [3.05, 3.63) is 30.3 Å². The zero-order valence-electron chi connectivity index (χ0n) is 10.0. The Morgan fingerprint density at radius 3 is 2.83 bits per heavy atom. The Balaban J connectivity index is 1.71.